The second kappa shape index (κ2) is 19.2. The van der Waals surface area contributed by atoms with E-state index in [-0.39, 0.29) is 18.9 Å². The smallest absolute Gasteiger partial charge is 0.151 e. The van der Waals surface area contributed by atoms with Crippen LogP contribution >= 0.6 is 0 Å². The monoisotopic (exact) mass is 464 g/mol. The predicted molar refractivity (Wildman–Crippen MR) is 98.1 cm³/mol. The van der Waals surface area contributed by atoms with E-state index in [1.54, 1.807) is 0 Å². The van der Waals surface area contributed by atoms with Gasteiger partial charge in [-0.1, -0.05) is 0 Å². The molecule has 0 radical (unpaired) electrons. The number of aldehydes is 3. The van der Waals surface area contributed by atoms with Crippen molar-refractivity contribution in [2.24, 2.45) is 0 Å². The first-order valence-electron chi connectivity index (χ1n) is 8.65. The number of aliphatic hydroxyl groups excluding tert-OH is 12. The van der Waals surface area contributed by atoms with Crippen molar-refractivity contribution < 1.29 is 75.7 Å². The number of rotatable bonds is 12. The van der Waals surface area contributed by atoms with Crippen molar-refractivity contribution >= 4 is 18.9 Å². The molecule has 186 valence electrons. The van der Waals surface area contributed by atoms with Crippen LogP contribution in [0.4, 0.5) is 0 Å². The van der Waals surface area contributed by atoms with E-state index in [4.69, 9.17) is 61.3 Å². The van der Waals surface area contributed by atoms with Gasteiger partial charge in [-0.3, -0.25) is 0 Å². The summed E-state index contributed by atoms with van der Waals surface area (Å²) < 4.78 is 0. The highest BCUT2D eigenvalue weighted by atomic mass is 16.4. The topological polar surface area (TPSA) is 294 Å². The number of carbonyl (C=O) groups excluding carboxylic acids is 3. The number of hydrogen-bond donors (Lipinski definition) is 12. The minimum absolute atomic E-state index is 0.0869. The lowest BCUT2D eigenvalue weighted by molar-refractivity contribution is -0.132. The molecule has 0 aliphatic rings. The highest BCUT2D eigenvalue weighted by molar-refractivity contribution is 5.57. The van der Waals surface area contributed by atoms with Gasteiger partial charge in [0.05, 0.1) is 19.3 Å². The Morgan fingerprint density at radius 3 is 0.968 bits per heavy atom. The maximum Gasteiger partial charge on any atom is 0.151 e. The lowest BCUT2D eigenvalue weighted by atomic mass is 10.1. The molecule has 0 bridgehead atoms. The molecule has 0 aliphatic carbocycles. The minimum Gasteiger partial charge on any atom is -0.394 e. The van der Waals surface area contributed by atoms with Gasteiger partial charge >= 0.3 is 0 Å². The second-order valence-corrected chi connectivity index (χ2v) is 6.08. The standard InChI is InChI=1S/C6H12O5.2C5H10O5/c1-3(8)5(10)6(11)4(9)2-7;2*6-1-3(8)5(10)4(9)2-7/h2-6,8-11H,1H3;2*1,3-5,7-10H,2H2/t3-,4+,5+,6-;3-,4+,5+;3-,4-,5+/m001/s1. The third-order valence-electron chi connectivity index (χ3n) is 3.47. The molecule has 12 N–H and O–H groups in total. The molecule has 15 heteroatoms. The zero-order valence-corrected chi connectivity index (χ0v) is 16.5. The van der Waals surface area contributed by atoms with Crippen LogP contribution in [0.1, 0.15) is 6.92 Å². The summed E-state index contributed by atoms with van der Waals surface area (Å²) in [6.45, 7) is -0.135. The Bertz CT molecular complexity index is 436. The number of aliphatic hydroxyl groups is 12. The van der Waals surface area contributed by atoms with Crippen LogP contribution in [0, 0.1) is 0 Å². The van der Waals surface area contributed by atoms with Gasteiger partial charge in [-0.05, 0) is 6.92 Å². The number of carbonyl (C=O) groups is 3. The van der Waals surface area contributed by atoms with Gasteiger partial charge < -0.3 is 75.7 Å². The van der Waals surface area contributed by atoms with E-state index in [1.165, 1.54) is 6.92 Å². The van der Waals surface area contributed by atoms with Gasteiger partial charge in [0.2, 0.25) is 0 Å². The van der Waals surface area contributed by atoms with Crippen molar-refractivity contribution in [1.82, 2.24) is 0 Å². The summed E-state index contributed by atoms with van der Waals surface area (Å²) in [7, 11) is 0. The fourth-order valence-electron chi connectivity index (χ4n) is 1.40. The Morgan fingerprint density at radius 1 is 0.516 bits per heavy atom. The Kier molecular flexibility index (Phi) is 21.2. The third-order valence-corrected chi connectivity index (χ3v) is 3.47. The molecule has 0 rings (SSSR count). The van der Waals surface area contributed by atoms with E-state index < -0.39 is 74.3 Å². The van der Waals surface area contributed by atoms with E-state index >= 15 is 0 Å². The van der Waals surface area contributed by atoms with Gasteiger partial charge in [0.25, 0.3) is 0 Å². The Hall–Kier alpha value is -1.47. The molecule has 0 saturated carbocycles. The quantitative estimate of drug-likeness (QED) is 0.119. The normalized spacial score (nSPS) is 20.4. The van der Waals surface area contributed by atoms with Crippen LogP contribution in [0.3, 0.4) is 0 Å². The fraction of sp³-hybridized carbons (Fsp3) is 0.812. The van der Waals surface area contributed by atoms with Crippen LogP contribution in [-0.4, -0.2) is 154 Å². The SMILES string of the molecule is C[C@H](O)[C@@H](O)[C@@H](O)[C@H](O)C=O.O=C[C@@H](O)[C@H](O)[C@H](O)CO.O=C[C@H](O)[C@@H](O)[C@H](O)CO. The van der Waals surface area contributed by atoms with Crippen molar-refractivity contribution in [1.29, 1.82) is 0 Å². The van der Waals surface area contributed by atoms with E-state index in [9.17, 15) is 14.4 Å². The molecule has 0 aromatic heterocycles. The molecular weight excluding hydrogens is 432 g/mol. The minimum atomic E-state index is -1.65. The maximum atomic E-state index is 9.87. The lowest BCUT2D eigenvalue weighted by Gasteiger charge is -2.21. The third kappa shape index (κ3) is 15.0. The molecule has 0 aromatic rings. The van der Waals surface area contributed by atoms with E-state index in [0.717, 1.165) is 0 Å². The zero-order valence-electron chi connectivity index (χ0n) is 16.5. The Morgan fingerprint density at radius 2 is 0.774 bits per heavy atom. The predicted octanol–water partition coefficient (Wildman–Crippen LogP) is -7.83. The molecule has 0 amide bonds. The van der Waals surface area contributed by atoms with Gasteiger partial charge in [-0.15, -0.1) is 0 Å². The molecule has 10 atom stereocenters. The summed E-state index contributed by atoms with van der Waals surface area (Å²) in [6.07, 6.45) is -15.1. The first-order valence-corrected chi connectivity index (χ1v) is 8.65. The molecule has 0 saturated heterocycles. The Labute approximate surface area is 176 Å². The largest absolute Gasteiger partial charge is 0.394 e. The van der Waals surface area contributed by atoms with Gasteiger partial charge in [0.15, 0.2) is 18.9 Å². The first-order chi connectivity index (χ1) is 14.3. The van der Waals surface area contributed by atoms with Crippen molar-refractivity contribution in [3.05, 3.63) is 0 Å². The highest BCUT2D eigenvalue weighted by Crippen LogP contribution is 2.02. The number of hydrogen-bond acceptors (Lipinski definition) is 15. The highest BCUT2D eigenvalue weighted by Gasteiger charge is 2.27. The molecule has 0 unspecified atom stereocenters. The van der Waals surface area contributed by atoms with E-state index in [1.807, 2.05) is 0 Å². The van der Waals surface area contributed by atoms with Crippen LogP contribution in [0.25, 0.3) is 0 Å². The molecule has 15 nitrogen and oxygen atoms in total. The van der Waals surface area contributed by atoms with Gasteiger partial charge in [-0.25, -0.2) is 0 Å². The van der Waals surface area contributed by atoms with Crippen LogP contribution in [0.2, 0.25) is 0 Å². The summed E-state index contributed by atoms with van der Waals surface area (Å²) in [5.74, 6) is 0. The first kappa shape index (κ1) is 34.2. The van der Waals surface area contributed by atoms with E-state index in [0.29, 0.717) is 0 Å². The molecule has 0 spiro atoms. The van der Waals surface area contributed by atoms with Gasteiger partial charge in [0.1, 0.15) is 54.9 Å². The summed E-state index contributed by atoms with van der Waals surface area (Å²) in [6, 6.07) is 0. The fourth-order valence-corrected chi connectivity index (χ4v) is 1.40. The summed E-state index contributed by atoms with van der Waals surface area (Å²) in [5, 5.41) is 103. The molecule has 0 heterocycles. The molecule has 0 fully saturated rings. The van der Waals surface area contributed by atoms with Crippen LogP contribution in [0.5, 0.6) is 0 Å². The van der Waals surface area contributed by atoms with Crippen molar-refractivity contribution in [3.8, 4) is 0 Å². The Balaban J connectivity index is -0.000000380. The molecule has 0 aromatic carbocycles. The summed E-state index contributed by atoms with van der Waals surface area (Å²) in [5.41, 5.74) is 0. The molecular formula is C16H32O15. The van der Waals surface area contributed by atoms with Crippen LogP contribution in [-0.2, 0) is 14.4 Å². The average Bonchev–Trinajstić information content (AvgIpc) is 2.79. The summed E-state index contributed by atoms with van der Waals surface area (Å²) in [4.78, 5) is 29.4. The molecule has 0 aliphatic heterocycles. The second-order valence-electron chi connectivity index (χ2n) is 6.08. The average molecular weight is 464 g/mol. The molecule has 31 heavy (non-hydrogen) atoms. The van der Waals surface area contributed by atoms with Crippen molar-refractivity contribution in [2.45, 2.75) is 68.0 Å². The van der Waals surface area contributed by atoms with Gasteiger partial charge in [0, 0.05) is 0 Å². The van der Waals surface area contributed by atoms with Crippen molar-refractivity contribution in [2.75, 3.05) is 13.2 Å². The lowest BCUT2D eigenvalue weighted by Crippen LogP contribution is -2.43. The van der Waals surface area contributed by atoms with Crippen LogP contribution < -0.4 is 0 Å². The zero-order chi connectivity index (χ0) is 25.3. The maximum absolute atomic E-state index is 9.87. The van der Waals surface area contributed by atoms with Crippen LogP contribution in [0.15, 0.2) is 0 Å². The summed E-state index contributed by atoms with van der Waals surface area (Å²) >= 11 is 0. The van der Waals surface area contributed by atoms with Crippen molar-refractivity contribution in [3.63, 3.8) is 0 Å². The van der Waals surface area contributed by atoms with E-state index in [2.05, 4.69) is 0 Å². The van der Waals surface area contributed by atoms with Gasteiger partial charge in [-0.2, -0.15) is 0 Å².